The van der Waals surface area contributed by atoms with Gasteiger partial charge in [0.2, 0.25) is 0 Å². The van der Waals surface area contributed by atoms with Gasteiger partial charge < -0.3 is 10.4 Å². The molecule has 6 heteroatoms. The molecule has 0 saturated heterocycles. The van der Waals surface area contributed by atoms with E-state index >= 15 is 0 Å². The number of phenols is 1. The molecule has 2 N–H and O–H groups in total. The summed E-state index contributed by atoms with van der Waals surface area (Å²) in [5.74, 6) is -0.406. The molecule has 0 atom stereocenters. The third-order valence-corrected chi connectivity index (χ3v) is 3.53. The zero-order valence-electron chi connectivity index (χ0n) is 9.02. The zero-order valence-corrected chi connectivity index (χ0v) is 12.8. The van der Waals surface area contributed by atoms with E-state index in [2.05, 4.69) is 48.8 Å². The van der Waals surface area contributed by atoms with E-state index in [1.807, 2.05) is 0 Å². The van der Waals surface area contributed by atoms with Crippen molar-refractivity contribution in [1.29, 1.82) is 0 Å². The topological polar surface area (TPSA) is 62.2 Å². The van der Waals surface area contributed by atoms with E-state index in [1.165, 1.54) is 6.07 Å². The monoisotopic (exact) mass is 418 g/mol. The quantitative estimate of drug-likeness (QED) is 0.734. The van der Waals surface area contributed by atoms with E-state index in [1.54, 1.807) is 30.6 Å². The Balaban J connectivity index is 2.28. The van der Waals surface area contributed by atoms with Crippen molar-refractivity contribution < 1.29 is 9.90 Å². The molecule has 0 aliphatic heterocycles. The molecule has 18 heavy (non-hydrogen) atoms. The number of amides is 1. The molecule has 0 bridgehead atoms. The number of benzene rings is 1. The van der Waals surface area contributed by atoms with Gasteiger partial charge in [-0.3, -0.25) is 9.78 Å². The second kappa shape index (κ2) is 5.66. The van der Waals surface area contributed by atoms with Crippen LogP contribution in [0.3, 0.4) is 0 Å². The Morgan fingerprint density at radius 1 is 1.39 bits per heavy atom. The van der Waals surface area contributed by atoms with Crippen LogP contribution in [-0.4, -0.2) is 16.0 Å². The van der Waals surface area contributed by atoms with Gasteiger partial charge in [0.15, 0.2) is 0 Å². The van der Waals surface area contributed by atoms with Gasteiger partial charge in [0.05, 0.1) is 15.7 Å². The number of carbonyl (C=O) groups is 1. The highest BCUT2D eigenvalue weighted by Gasteiger charge is 2.12. The number of pyridine rings is 1. The summed E-state index contributed by atoms with van der Waals surface area (Å²) in [5, 5.41) is 12.4. The van der Waals surface area contributed by atoms with Crippen molar-refractivity contribution in [2.24, 2.45) is 0 Å². The van der Waals surface area contributed by atoms with Crippen molar-refractivity contribution in [3.63, 3.8) is 0 Å². The van der Waals surface area contributed by atoms with Crippen molar-refractivity contribution in [2.45, 2.75) is 0 Å². The van der Waals surface area contributed by atoms with E-state index in [-0.39, 0.29) is 17.2 Å². The van der Waals surface area contributed by atoms with Crippen LogP contribution in [0.2, 0.25) is 0 Å². The molecule has 1 aromatic heterocycles. The minimum absolute atomic E-state index is 0.0434. The molecule has 2 aromatic rings. The Morgan fingerprint density at radius 3 is 2.89 bits per heavy atom. The van der Waals surface area contributed by atoms with E-state index in [0.717, 1.165) is 3.57 Å². The Morgan fingerprint density at radius 2 is 2.17 bits per heavy atom. The van der Waals surface area contributed by atoms with E-state index < -0.39 is 0 Å². The van der Waals surface area contributed by atoms with Gasteiger partial charge in [0.1, 0.15) is 5.75 Å². The lowest BCUT2D eigenvalue weighted by Crippen LogP contribution is -2.12. The molecule has 0 saturated carbocycles. The van der Waals surface area contributed by atoms with Crippen LogP contribution < -0.4 is 5.32 Å². The van der Waals surface area contributed by atoms with E-state index in [9.17, 15) is 9.90 Å². The van der Waals surface area contributed by atoms with Crippen molar-refractivity contribution >= 4 is 50.1 Å². The average molecular weight is 419 g/mol. The van der Waals surface area contributed by atoms with Gasteiger partial charge in [-0.1, -0.05) is 0 Å². The molecule has 0 spiro atoms. The third kappa shape index (κ3) is 2.99. The van der Waals surface area contributed by atoms with Gasteiger partial charge >= 0.3 is 0 Å². The maximum atomic E-state index is 12.0. The number of nitrogens with one attached hydrogen (secondary N) is 1. The van der Waals surface area contributed by atoms with Crippen LogP contribution in [0.1, 0.15) is 10.4 Å². The van der Waals surface area contributed by atoms with Crippen molar-refractivity contribution in [3.8, 4) is 5.75 Å². The predicted molar refractivity (Wildman–Crippen MR) is 80.7 cm³/mol. The highest BCUT2D eigenvalue weighted by Crippen LogP contribution is 2.24. The first-order chi connectivity index (χ1) is 8.58. The van der Waals surface area contributed by atoms with Crippen LogP contribution in [0.25, 0.3) is 0 Å². The maximum absolute atomic E-state index is 12.0. The molecule has 0 aliphatic rings. The number of phenolic OH excluding ortho intramolecular Hbond substituents is 1. The van der Waals surface area contributed by atoms with Crippen molar-refractivity contribution in [3.05, 3.63) is 50.3 Å². The molecule has 1 amide bonds. The Kier molecular flexibility index (Phi) is 4.18. The number of rotatable bonds is 2. The van der Waals surface area contributed by atoms with E-state index in [4.69, 9.17) is 0 Å². The summed E-state index contributed by atoms with van der Waals surface area (Å²) < 4.78 is 1.56. The molecule has 0 unspecified atom stereocenters. The zero-order chi connectivity index (χ0) is 13.1. The van der Waals surface area contributed by atoms with Gasteiger partial charge in [0, 0.05) is 16.0 Å². The fourth-order valence-corrected chi connectivity index (χ4v) is 2.20. The summed E-state index contributed by atoms with van der Waals surface area (Å²) in [6, 6.07) is 6.53. The number of anilines is 1. The summed E-state index contributed by atoms with van der Waals surface area (Å²) in [4.78, 5) is 15.9. The lowest BCUT2D eigenvalue weighted by molar-refractivity contribution is 0.102. The lowest BCUT2D eigenvalue weighted by atomic mass is 10.2. The highest BCUT2D eigenvalue weighted by atomic mass is 127. The lowest BCUT2D eigenvalue weighted by Gasteiger charge is -2.08. The highest BCUT2D eigenvalue weighted by molar-refractivity contribution is 14.1. The van der Waals surface area contributed by atoms with Gasteiger partial charge in [-0.15, -0.1) is 0 Å². The fourth-order valence-electron chi connectivity index (χ4n) is 1.36. The van der Waals surface area contributed by atoms with Crippen LogP contribution in [0.4, 0.5) is 5.69 Å². The summed E-state index contributed by atoms with van der Waals surface area (Å²) >= 11 is 5.37. The van der Waals surface area contributed by atoms with Gasteiger partial charge in [0.25, 0.3) is 5.91 Å². The summed E-state index contributed by atoms with van der Waals surface area (Å²) in [6.07, 6.45) is 3.17. The largest absolute Gasteiger partial charge is 0.507 e. The Labute approximate surface area is 126 Å². The summed E-state index contributed by atoms with van der Waals surface area (Å²) in [5.41, 5.74) is 0.846. The van der Waals surface area contributed by atoms with E-state index in [0.29, 0.717) is 10.2 Å². The second-order valence-corrected chi connectivity index (χ2v) is 5.57. The molecule has 0 fully saturated rings. The third-order valence-electron chi connectivity index (χ3n) is 2.22. The van der Waals surface area contributed by atoms with Gasteiger partial charge in [-0.25, -0.2) is 0 Å². The van der Waals surface area contributed by atoms with Crippen molar-refractivity contribution in [2.75, 3.05) is 5.32 Å². The minimum Gasteiger partial charge on any atom is -0.507 e. The summed E-state index contributed by atoms with van der Waals surface area (Å²) in [6.45, 7) is 0. The van der Waals surface area contributed by atoms with Gasteiger partial charge in [-0.2, -0.15) is 0 Å². The van der Waals surface area contributed by atoms with Crippen LogP contribution >= 0.6 is 38.5 Å². The maximum Gasteiger partial charge on any atom is 0.259 e. The molecular weight excluding hydrogens is 411 g/mol. The number of carbonyl (C=O) groups excluding carboxylic acids is 1. The molecule has 1 heterocycles. The number of aromatic nitrogens is 1. The van der Waals surface area contributed by atoms with Crippen LogP contribution in [0.15, 0.2) is 41.1 Å². The first-order valence-corrected chi connectivity index (χ1v) is 6.84. The molecule has 92 valence electrons. The molecule has 4 nitrogen and oxygen atoms in total. The fraction of sp³-hybridized carbons (Fsp3) is 0. The normalized spacial score (nSPS) is 10.1. The first-order valence-electron chi connectivity index (χ1n) is 4.97. The van der Waals surface area contributed by atoms with Crippen LogP contribution in [0, 0.1) is 3.57 Å². The smallest absolute Gasteiger partial charge is 0.259 e. The summed E-state index contributed by atoms with van der Waals surface area (Å²) in [7, 11) is 0. The van der Waals surface area contributed by atoms with Crippen LogP contribution in [-0.2, 0) is 0 Å². The molecule has 0 aliphatic carbocycles. The molecule has 1 aromatic carbocycles. The Hall–Kier alpha value is -1.15. The number of hydrogen-bond acceptors (Lipinski definition) is 3. The Bertz CT molecular complexity index is 604. The predicted octanol–water partition coefficient (Wildman–Crippen LogP) is 3.41. The number of hydrogen-bond donors (Lipinski definition) is 2. The molecule has 0 radical (unpaired) electrons. The number of aromatic hydroxyl groups is 1. The first kappa shape index (κ1) is 13.3. The van der Waals surface area contributed by atoms with Gasteiger partial charge in [-0.05, 0) is 62.8 Å². The molecule has 2 rings (SSSR count). The minimum atomic E-state index is -0.363. The number of halogens is 2. The average Bonchev–Trinajstić information content (AvgIpc) is 2.35. The second-order valence-electron chi connectivity index (χ2n) is 3.47. The molecular formula is C12H8BrIN2O2. The standard InChI is InChI=1S/C12H8BrIN2O2/c13-9-6-15-4-3-10(9)16-12(18)8-5-7(14)1-2-11(8)17/h1-6,17H,(H,15,16,18). The van der Waals surface area contributed by atoms with Crippen LogP contribution in [0.5, 0.6) is 5.75 Å². The van der Waals surface area contributed by atoms with Crippen molar-refractivity contribution in [1.82, 2.24) is 4.98 Å². The SMILES string of the molecule is O=C(Nc1ccncc1Br)c1cc(I)ccc1O. The number of nitrogens with zero attached hydrogens (tertiary/aromatic N) is 1.